The molecule has 1 fully saturated rings. The zero-order valence-corrected chi connectivity index (χ0v) is 16.8. The minimum Gasteiger partial charge on any atom is -0.496 e. The zero-order chi connectivity index (χ0) is 19.8. The second-order valence-corrected chi connectivity index (χ2v) is 7.07. The van der Waals surface area contributed by atoms with E-state index in [2.05, 4.69) is 9.88 Å². The molecular formula is C22H29N3O3. The molecule has 0 unspecified atom stereocenters. The van der Waals surface area contributed by atoms with Gasteiger partial charge in [-0.2, -0.15) is 0 Å². The molecular weight excluding hydrogens is 354 g/mol. The molecule has 0 N–H and O–H groups in total. The standard InChI is InChI=1S/C22H29N3O3/c1-18-4-5-20(16-21(18)27-2)22(26)25(17-19-6-8-23-9-7-19)11-3-10-24-12-14-28-15-13-24/h4-9,16H,3,10-15,17H2,1-2H3. The number of amides is 1. The van der Waals surface area contributed by atoms with E-state index in [4.69, 9.17) is 9.47 Å². The number of nitrogens with zero attached hydrogens (tertiary/aromatic N) is 3. The van der Waals surface area contributed by atoms with E-state index in [1.165, 1.54) is 0 Å². The molecule has 2 aromatic rings. The molecule has 6 heteroatoms. The van der Waals surface area contributed by atoms with Gasteiger partial charge in [-0.1, -0.05) is 6.07 Å². The summed E-state index contributed by atoms with van der Waals surface area (Å²) in [6.45, 7) is 7.74. The molecule has 0 aliphatic carbocycles. The number of carbonyl (C=O) groups is 1. The predicted octanol–water partition coefficient (Wildman–Crippen LogP) is 2.76. The van der Waals surface area contributed by atoms with Gasteiger partial charge in [0.25, 0.3) is 5.91 Å². The molecule has 3 rings (SSSR count). The highest BCUT2D eigenvalue weighted by Crippen LogP contribution is 2.21. The van der Waals surface area contributed by atoms with Crippen LogP contribution in [0.15, 0.2) is 42.7 Å². The number of benzene rings is 1. The first-order valence-electron chi connectivity index (χ1n) is 9.80. The molecule has 1 amide bonds. The summed E-state index contributed by atoms with van der Waals surface area (Å²) < 4.78 is 10.8. The summed E-state index contributed by atoms with van der Waals surface area (Å²) in [7, 11) is 1.63. The molecule has 0 radical (unpaired) electrons. The van der Waals surface area contributed by atoms with Gasteiger partial charge in [0.15, 0.2) is 0 Å². The van der Waals surface area contributed by atoms with E-state index in [0.29, 0.717) is 18.7 Å². The van der Waals surface area contributed by atoms with E-state index in [1.54, 1.807) is 19.5 Å². The van der Waals surface area contributed by atoms with Crippen LogP contribution in [-0.4, -0.2) is 67.2 Å². The lowest BCUT2D eigenvalue weighted by atomic mass is 10.1. The van der Waals surface area contributed by atoms with Crippen LogP contribution in [0.1, 0.15) is 27.9 Å². The van der Waals surface area contributed by atoms with Gasteiger partial charge in [-0.05, 0) is 48.7 Å². The van der Waals surface area contributed by atoms with Crippen molar-refractivity contribution >= 4 is 5.91 Å². The topological polar surface area (TPSA) is 54.9 Å². The number of aromatic nitrogens is 1. The number of hydrogen-bond donors (Lipinski definition) is 0. The van der Waals surface area contributed by atoms with Crippen LogP contribution in [-0.2, 0) is 11.3 Å². The Kier molecular flexibility index (Phi) is 7.39. The maximum atomic E-state index is 13.2. The van der Waals surface area contributed by atoms with Gasteiger partial charge in [-0.15, -0.1) is 0 Å². The minimum atomic E-state index is 0.0251. The van der Waals surface area contributed by atoms with Crippen molar-refractivity contribution in [1.29, 1.82) is 0 Å². The lowest BCUT2D eigenvalue weighted by molar-refractivity contribution is 0.0355. The van der Waals surface area contributed by atoms with Crippen LogP contribution >= 0.6 is 0 Å². The number of hydrogen-bond acceptors (Lipinski definition) is 5. The second-order valence-electron chi connectivity index (χ2n) is 7.07. The van der Waals surface area contributed by atoms with Crippen molar-refractivity contribution in [2.45, 2.75) is 19.9 Å². The first-order chi connectivity index (χ1) is 13.7. The third kappa shape index (κ3) is 5.53. The lowest BCUT2D eigenvalue weighted by Gasteiger charge is -2.28. The van der Waals surface area contributed by atoms with Gasteiger partial charge in [-0.3, -0.25) is 14.7 Å². The molecule has 28 heavy (non-hydrogen) atoms. The maximum absolute atomic E-state index is 13.2. The number of pyridine rings is 1. The van der Waals surface area contributed by atoms with E-state index in [0.717, 1.165) is 56.1 Å². The third-order valence-electron chi connectivity index (χ3n) is 5.07. The van der Waals surface area contributed by atoms with Crippen LogP contribution in [0.2, 0.25) is 0 Å². The fraction of sp³-hybridized carbons (Fsp3) is 0.455. The van der Waals surface area contributed by atoms with E-state index in [9.17, 15) is 4.79 Å². The molecule has 1 aromatic heterocycles. The number of aryl methyl sites for hydroxylation is 1. The van der Waals surface area contributed by atoms with Crippen molar-refractivity contribution in [3.63, 3.8) is 0 Å². The Morgan fingerprint density at radius 2 is 1.96 bits per heavy atom. The van der Waals surface area contributed by atoms with E-state index >= 15 is 0 Å². The molecule has 2 heterocycles. The Hall–Kier alpha value is -2.44. The molecule has 150 valence electrons. The average molecular weight is 383 g/mol. The van der Waals surface area contributed by atoms with E-state index in [-0.39, 0.29) is 5.91 Å². The minimum absolute atomic E-state index is 0.0251. The van der Waals surface area contributed by atoms with Gasteiger partial charge in [0.1, 0.15) is 5.75 Å². The number of ether oxygens (including phenoxy) is 2. The van der Waals surface area contributed by atoms with Crippen LogP contribution in [0.3, 0.4) is 0 Å². The average Bonchev–Trinajstić information content (AvgIpc) is 2.74. The highest BCUT2D eigenvalue weighted by Gasteiger charge is 2.18. The molecule has 1 aliphatic rings. The van der Waals surface area contributed by atoms with Crippen LogP contribution < -0.4 is 4.74 Å². The number of carbonyl (C=O) groups excluding carboxylic acids is 1. The van der Waals surface area contributed by atoms with Gasteiger partial charge < -0.3 is 14.4 Å². The number of morpholine rings is 1. The van der Waals surface area contributed by atoms with Gasteiger partial charge in [0, 0.05) is 50.7 Å². The number of rotatable bonds is 8. The van der Waals surface area contributed by atoms with Crippen LogP contribution in [0, 0.1) is 6.92 Å². The van der Waals surface area contributed by atoms with Crippen molar-refractivity contribution in [3.05, 3.63) is 59.4 Å². The molecule has 1 aliphatic heterocycles. The molecule has 0 spiro atoms. The van der Waals surface area contributed by atoms with Crippen molar-refractivity contribution < 1.29 is 14.3 Å². The SMILES string of the molecule is COc1cc(C(=O)N(CCCN2CCOCC2)Cc2ccncc2)ccc1C. The Morgan fingerprint density at radius 3 is 2.68 bits per heavy atom. The Bertz CT molecular complexity index is 761. The summed E-state index contributed by atoms with van der Waals surface area (Å²) in [6.07, 6.45) is 4.46. The Morgan fingerprint density at radius 1 is 1.21 bits per heavy atom. The first kappa shape index (κ1) is 20.3. The summed E-state index contributed by atoms with van der Waals surface area (Å²) in [5, 5.41) is 0. The molecule has 6 nitrogen and oxygen atoms in total. The quantitative estimate of drug-likeness (QED) is 0.702. The van der Waals surface area contributed by atoms with E-state index in [1.807, 2.05) is 42.2 Å². The highest BCUT2D eigenvalue weighted by molar-refractivity contribution is 5.94. The summed E-state index contributed by atoms with van der Waals surface area (Å²) in [5.74, 6) is 0.764. The van der Waals surface area contributed by atoms with E-state index < -0.39 is 0 Å². The summed E-state index contributed by atoms with van der Waals surface area (Å²) in [5.41, 5.74) is 2.75. The monoisotopic (exact) mass is 383 g/mol. The summed E-state index contributed by atoms with van der Waals surface area (Å²) in [4.78, 5) is 21.6. The van der Waals surface area contributed by atoms with Crippen molar-refractivity contribution in [2.75, 3.05) is 46.5 Å². The van der Waals surface area contributed by atoms with Gasteiger partial charge in [0.2, 0.25) is 0 Å². The van der Waals surface area contributed by atoms with Crippen molar-refractivity contribution in [3.8, 4) is 5.75 Å². The molecule has 1 aromatic carbocycles. The Labute approximate surface area is 167 Å². The molecule has 0 atom stereocenters. The second kappa shape index (κ2) is 10.2. The van der Waals surface area contributed by atoms with Gasteiger partial charge in [0.05, 0.1) is 20.3 Å². The summed E-state index contributed by atoms with van der Waals surface area (Å²) in [6, 6.07) is 9.56. The highest BCUT2D eigenvalue weighted by atomic mass is 16.5. The Balaban J connectivity index is 1.70. The fourth-order valence-corrected chi connectivity index (χ4v) is 3.41. The van der Waals surface area contributed by atoms with Crippen LogP contribution in [0.4, 0.5) is 0 Å². The van der Waals surface area contributed by atoms with Crippen LogP contribution in [0.25, 0.3) is 0 Å². The van der Waals surface area contributed by atoms with Crippen molar-refractivity contribution in [2.24, 2.45) is 0 Å². The number of methoxy groups -OCH3 is 1. The first-order valence-corrected chi connectivity index (χ1v) is 9.80. The third-order valence-corrected chi connectivity index (χ3v) is 5.07. The lowest BCUT2D eigenvalue weighted by Crippen LogP contribution is -2.39. The predicted molar refractivity (Wildman–Crippen MR) is 109 cm³/mol. The van der Waals surface area contributed by atoms with Crippen LogP contribution in [0.5, 0.6) is 5.75 Å². The molecule has 1 saturated heterocycles. The molecule has 0 bridgehead atoms. The molecule has 0 saturated carbocycles. The largest absolute Gasteiger partial charge is 0.496 e. The normalized spacial score (nSPS) is 14.6. The van der Waals surface area contributed by atoms with Gasteiger partial charge in [-0.25, -0.2) is 0 Å². The fourth-order valence-electron chi connectivity index (χ4n) is 3.41. The smallest absolute Gasteiger partial charge is 0.254 e. The zero-order valence-electron chi connectivity index (χ0n) is 16.8. The summed E-state index contributed by atoms with van der Waals surface area (Å²) >= 11 is 0. The van der Waals surface area contributed by atoms with Gasteiger partial charge >= 0.3 is 0 Å². The van der Waals surface area contributed by atoms with Crippen molar-refractivity contribution in [1.82, 2.24) is 14.8 Å². The maximum Gasteiger partial charge on any atom is 0.254 e.